The molecule has 0 spiro atoms. The van der Waals surface area contributed by atoms with Crippen LogP contribution < -0.4 is 5.73 Å². The first-order chi connectivity index (χ1) is 10.1. The Hall–Kier alpha value is -1.95. The summed E-state index contributed by atoms with van der Waals surface area (Å²) >= 11 is 0. The predicted molar refractivity (Wildman–Crippen MR) is 79.0 cm³/mol. The van der Waals surface area contributed by atoms with Crippen molar-refractivity contribution < 1.29 is 9.32 Å². The molecule has 3 rings (SSSR count). The molecule has 2 aromatic rings. The fraction of sp³-hybridized carbons (Fsp3) is 0.533. The van der Waals surface area contributed by atoms with Crippen LogP contribution >= 0.6 is 0 Å². The average Bonchev–Trinajstić information content (AvgIpc) is 3.12. The number of pyridine rings is 1. The summed E-state index contributed by atoms with van der Waals surface area (Å²) in [6.45, 7) is 6.20. The molecule has 0 unspecified atom stereocenters. The fourth-order valence-electron chi connectivity index (χ4n) is 2.78. The van der Waals surface area contributed by atoms with E-state index in [0.29, 0.717) is 23.7 Å². The number of fused-ring (bicyclic) bond motifs is 1. The number of hydrogen-bond donors (Lipinski definition) is 1. The van der Waals surface area contributed by atoms with E-state index in [9.17, 15) is 4.79 Å². The molecule has 3 heterocycles. The average molecular weight is 288 g/mol. The molecule has 6 heteroatoms. The van der Waals surface area contributed by atoms with E-state index in [1.165, 1.54) is 0 Å². The van der Waals surface area contributed by atoms with Gasteiger partial charge in [0.2, 0.25) is 0 Å². The zero-order chi connectivity index (χ0) is 15.0. The zero-order valence-electron chi connectivity index (χ0n) is 12.4. The van der Waals surface area contributed by atoms with Gasteiger partial charge in [0, 0.05) is 19.3 Å². The molecular formula is C15H20N4O2. The summed E-state index contributed by atoms with van der Waals surface area (Å²) < 4.78 is 5.20. The van der Waals surface area contributed by atoms with Crippen molar-refractivity contribution in [2.75, 3.05) is 19.6 Å². The van der Waals surface area contributed by atoms with E-state index >= 15 is 0 Å². The normalized spacial score (nSPS) is 18.9. The van der Waals surface area contributed by atoms with Crippen LogP contribution in [-0.2, 0) is 0 Å². The second-order valence-corrected chi connectivity index (χ2v) is 5.94. The quantitative estimate of drug-likeness (QED) is 0.930. The largest absolute Gasteiger partial charge is 0.338 e. The van der Waals surface area contributed by atoms with Gasteiger partial charge in [-0.2, -0.15) is 0 Å². The van der Waals surface area contributed by atoms with E-state index in [-0.39, 0.29) is 11.8 Å². The highest BCUT2D eigenvalue weighted by molar-refractivity contribution is 5.97. The third-order valence-electron chi connectivity index (χ3n) is 4.06. The van der Waals surface area contributed by atoms with Gasteiger partial charge >= 0.3 is 0 Å². The fourth-order valence-corrected chi connectivity index (χ4v) is 2.78. The van der Waals surface area contributed by atoms with E-state index in [1.54, 1.807) is 6.20 Å². The maximum absolute atomic E-state index is 12.5. The van der Waals surface area contributed by atoms with Gasteiger partial charge in [-0.3, -0.25) is 4.79 Å². The first-order valence-electron chi connectivity index (χ1n) is 7.34. The molecule has 0 aliphatic carbocycles. The standard InChI is InChI=1S/C15H20N4O2/c1-9(2)13-12-5-11(7-17-14(12)21-18-13)15(20)19-4-3-10(6-16)8-19/h5,7,9-10H,3-4,6,8,16H2,1-2H3/t10-/m0/s1. The van der Waals surface area contributed by atoms with Crippen molar-refractivity contribution >= 4 is 17.0 Å². The van der Waals surface area contributed by atoms with Crippen molar-refractivity contribution in [3.8, 4) is 0 Å². The maximum atomic E-state index is 12.5. The van der Waals surface area contributed by atoms with Crippen LogP contribution in [0.4, 0.5) is 0 Å². The Bertz CT molecular complexity index is 665. The Balaban J connectivity index is 1.90. The molecule has 2 aromatic heterocycles. The van der Waals surface area contributed by atoms with Crippen LogP contribution in [-0.4, -0.2) is 40.6 Å². The van der Waals surface area contributed by atoms with Crippen molar-refractivity contribution in [1.29, 1.82) is 0 Å². The summed E-state index contributed by atoms with van der Waals surface area (Å²) in [7, 11) is 0. The molecule has 0 bridgehead atoms. The van der Waals surface area contributed by atoms with Crippen molar-refractivity contribution in [3.63, 3.8) is 0 Å². The Morgan fingerprint density at radius 3 is 3.05 bits per heavy atom. The second kappa shape index (κ2) is 5.44. The molecule has 2 N–H and O–H groups in total. The zero-order valence-corrected chi connectivity index (χ0v) is 12.4. The number of aromatic nitrogens is 2. The van der Waals surface area contributed by atoms with E-state index in [2.05, 4.69) is 10.1 Å². The minimum absolute atomic E-state index is 0.0104. The second-order valence-electron chi connectivity index (χ2n) is 5.94. The third-order valence-corrected chi connectivity index (χ3v) is 4.06. The van der Waals surface area contributed by atoms with Gasteiger partial charge in [-0.05, 0) is 30.9 Å². The van der Waals surface area contributed by atoms with Gasteiger partial charge in [0.05, 0.1) is 16.6 Å². The first kappa shape index (κ1) is 14.0. The summed E-state index contributed by atoms with van der Waals surface area (Å²) in [6.07, 6.45) is 2.54. The smallest absolute Gasteiger partial charge is 0.257 e. The van der Waals surface area contributed by atoms with Gasteiger partial charge in [0.15, 0.2) is 0 Å². The minimum Gasteiger partial charge on any atom is -0.338 e. The van der Waals surface area contributed by atoms with Crippen LogP contribution in [0.5, 0.6) is 0 Å². The minimum atomic E-state index is 0.0104. The van der Waals surface area contributed by atoms with E-state index in [0.717, 1.165) is 30.6 Å². The number of likely N-dealkylation sites (tertiary alicyclic amines) is 1. The van der Waals surface area contributed by atoms with Gasteiger partial charge in [-0.1, -0.05) is 19.0 Å². The molecule has 1 amide bonds. The molecule has 6 nitrogen and oxygen atoms in total. The molecule has 1 saturated heterocycles. The lowest BCUT2D eigenvalue weighted by atomic mass is 10.1. The SMILES string of the molecule is CC(C)c1noc2ncc(C(=O)N3CC[C@@H](CN)C3)cc12. The number of amides is 1. The lowest BCUT2D eigenvalue weighted by Crippen LogP contribution is -2.29. The van der Waals surface area contributed by atoms with Crippen LogP contribution in [0.25, 0.3) is 11.1 Å². The van der Waals surface area contributed by atoms with Gasteiger partial charge in [-0.25, -0.2) is 4.98 Å². The third kappa shape index (κ3) is 2.51. The molecule has 1 aliphatic heterocycles. The van der Waals surface area contributed by atoms with Crippen LogP contribution in [0.3, 0.4) is 0 Å². The Kier molecular flexibility index (Phi) is 3.63. The van der Waals surface area contributed by atoms with E-state index < -0.39 is 0 Å². The molecule has 0 saturated carbocycles. The topological polar surface area (TPSA) is 85.2 Å². The summed E-state index contributed by atoms with van der Waals surface area (Å²) in [4.78, 5) is 18.6. The molecule has 0 aromatic carbocycles. The predicted octanol–water partition coefficient (Wildman–Crippen LogP) is 1.77. The molecular weight excluding hydrogens is 268 g/mol. The summed E-state index contributed by atoms with van der Waals surface area (Å²) in [5, 5.41) is 4.86. The van der Waals surface area contributed by atoms with Crippen LogP contribution in [0.15, 0.2) is 16.8 Å². The summed E-state index contributed by atoms with van der Waals surface area (Å²) in [5.41, 5.74) is 7.59. The maximum Gasteiger partial charge on any atom is 0.257 e. The Morgan fingerprint density at radius 1 is 1.57 bits per heavy atom. The monoisotopic (exact) mass is 288 g/mol. The van der Waals surface area contributed by atoms with Crippen LogP contribution in [0.1, 0.15) is 42.2 Å². The lowest BCUT2D eigenvalue weighted by Gasteiger charge is -2.16. The number of carbonyl (C=O) groups excluding carboxylic acids is 1. The van der Waals surface area contributed by atoms with Crippen LogP contribution in [0, 0.1) is 5.92 Å². The molecule has 0 radical (unpaired) electrons. The number of hydrogen-bond acceptors (Lipinski definition) is 5. The van der Waals surface area contributed by atoms with Crippen LogP contribution in [0.2, 0.25) is 0 Å². The number of rotatable bonds is 3. The highest BCUT2D eigenvalue weighted by Crippen LogP contribution is 2.25. The number of nitrogens with zero attached hydrogens (tertiary/aromatic N) is 3. The first-order valence-corrected chi connectivity index (χ1v) is 7.34. The molecule has 1 fully saturated rings. The van der Waals surface area contributed by atoms with E-state index in [1.807, 2.05) is 24.8 Å². The summed E-state index contributed by atoms with van der Waals surface area (Å²) in [5.74, 6) is 0.649. The van der Waals surface area contributed by atoms with Gasteiger partial charge in [0.1, 0.15) is 0 Å². The van der Waals surface area contributed by atoms with Crippen molar-refractivity contribution in [3.05, 3.63) is 23.5 Å². The number of nitrogens with two attached hydrogens (primary N) is 1. The lowest BCUT2D eigenvalue weighted by molar-refractivity contribution is 0.0787. The molecule has 1 aliphatic rings. The van der Waals surface area contributed by atoms with Crippen molar-refractivity contribution in [1.82, 2.24) is 15.0 Å². The van der Waals surface area contributed by atoms with Crippen molar-refractivity contribution in [2.24, 2.45) is 11.7 Å². The number of carbonyl (C=O) groups is 1. The van der Waals surface area contributed by atoms with Gasteiger partial charge < -0.3 is 15.2 Å². The highest BCUT2D eigenvalue weighted by Gasteiger charge is 2.27. The summed E-state index contributed by atoms with van der Waals surface area (Å²) in [6, 6.07) is 1.84. The Labute approximate surface area is 123 Å². The molecule has 112 valence electrons. The van der Waals surface area contributed by atoms with Gasteiger partial charge in [-0.15, -0.1) is 0 Å². The molecule has 21 heavy (non-hydrogen) atoms. The van der Waals surface area contributed by atoms with Gasteiger partial charge in [0.25, 0.3) is 11.6 Å². The van der Waals surface area contributed by atoms with Crippen molar-refractivity contribution in [2.45, 2.75) is 26.2 Å². The van der Waals surface area contributed by atoms with E-state index in [4.69, 9.17) is 10.3 Å². The highest BCUT2D eigenvalue weighted by atomic mass is 16.5. The molecule has 1 atom stereocenters. The Morgan fingerprint density at radius 2 is 2.38 bits per heavy atom.